The second kappa shape index (κ2) is 14.1. The molecule has 1 aliphatic rings. The number of allylic oxidation sites excluding steroid dienone is 1. The fourth-order valence-corrected chi connectivity index (χ4v) is 5.42. The van der Waals surface area contributed by atoms with E-state index in [1.807, 2.05) is 18.2 Å². The highest BCUT2D eigenvalue weighted by atomic mass is 16.5. The predicted molar refractivity (Wildman–Crippen MR) is 159 cm³/mol. The first-order valence-corrected chi connectivity index (χ1v) is 14.5. The molecule has 0 saturated carbocycles. The van der Waals surface area contributed by atoms with Crippen LogP contribution >= 0.6 is 0 Å². The molecule has 0 aliphatic carbocycles. The largest absolute Gasteiger partial charge is 0.508 e. The quantitative estimate of drug-likeness (QED) is 0.215. The Morgan fingerprint density at radius 3 is 2.31 bits per heavy atom. The molecule has 208 valence electrons. The summed E-state index contributed by atoms with van der Waals surface area (Å²) in [7, 11) is 0. The Morgan fingerprint density at radius 1 is 0.846 bits per heavy atom. The summed E-state index contributed by atoms with van der Waals surface area (Å²) < 4.78 is 12.5. The number of unbranched alkanes of at least 4 members (excludes halogenated alkanes) is 2. The number of aryl methyl sites for hydroxylation is 1. The number of nitrogens with one attached hydrogen (secondary N) is 1. The van der Waals surface area contributed by atoms with Gasteiger partial charge < -0.3 is 24.6 Å². The minimum absolute atomic E-state index is 0.132. The first-order chi connectivity index (χ1) is 19.0. The monoisotopic (exact) mass is 530 g/mol. The van der Waals surface area contributed by atoms with Crippen molar-refractivity contribution in [2.24, 2.45) is 0 Å². The highest BCUT2D eigenvalue weighted by Gasteiger charge is 2.28. The van der Waals surface area contributed by atoms with E-state index in [-0.39, 0.29) is 17.6 Å². The van der Waals surface area contributed by atoms with Crippen LogP contribution in [-0.4, -0.2) is 42.6 Å². The SMILES string of the molecule is CCCCC[NH+](CC)CCOc1ccc(CCCC2Oc3cc(O)ccc3C(C)=C2c2ccc(O)cc2)cc1. The van der Waals surface area contributed by atoms with Crippen molar-refractivity contribution >= 4 is 11.1 Å². The van der Waals surface area contributed by atoms with Gasteiger partial charge in [-0.15, -0.1) is 0 Å². The van der Waals surface area contributed by atoms with Crippen LogP contribution in [0.2, 0.25) is 0 Å². The van der Waals surface area contributed by atoms with Gasteiger partial charge >= 0.3 is 0 Å². The zero-order chi connectivity index (χ0) is 27.6. The van der Waals surface area contributed by atoms with Gasteiger partial charge in [0.1, 0.15) is 42.3 Å². The summed E-state index contributed by atoms with van der Waals surface area (Å²) in [6.07, 6.45) is 6.48. The zero-order valence-corrected chi connectivity index (χ0v) is 23.7. The summed E-state index contributed by atoms with van der Waals surface area (Å²) in [6, 6.07) is 21.1. The van der Waals surface area contributed by atoms with Crippen molar-refractivity contribution in [3.8, 4) is 23.0 Å². The van der Waals surface area contributed by atoms with Crippen molar-refractivity contribution in [2.45, 2.75) is 65.4 Å². The number of benzene rings is 3. The maximum absolute atomic E-state index is 10.0. The van der Waals surface area contributed by atoms with Crippen LogP contribution in [0.4, 0.5) is 0 Å². The third-order valence-corrected chi connectivity index (χ3v) is 7.76. The Balaban J connectivity index is 1.34. The van der Waals surface area contributed by atoms with Crippen molar-refractivity contribution < 1.29 is 24.6 Å². The molecule has 0 fully saturated rings. The van der Waals surface area contributed by atoms with Crippen LogP contribution in [0.15, 0.2) is 66.7 Å². The first-order valence-electron chi connectivity index (χ1n) is 14.5. The van der Waals surface area contributed by atoms with E-state index in [2.05, 4.69) is 45.0 Å². The van der Waals surface area contributed by atoms with Gasteiger partial charge in [-0.05, 0) is 99.0 Å². The lowest BCUT2D eigenvalue weighted by Gasteiger charge is -2.31. The lowest BCUT2D eigenvalue weighted by Crippen LogP contribution is -3.12. The molecule has 0 saturated heterocycles. The average Bonchev–Trinajstić information content (AvgIpc) is 2.94. The molecular weight excluding hydrogens is 486 g/mol. The molecule has 3 N–H and O–H groups in total. The Kier molecular flexibility index (Phi) is 10.3. The van der Waals surface area contributed by atoms with E-state index in [1.54, 1.807) is 29.2 Å². The molecule has 1 aliphatic heterocycles. The normalized spacial score (nSPS) is 15.5. The maximum Gasteiger partial charge on any atom is 0.137 e. The molecule has 2 unspecified atom stereocenters. The van der Waals surface area contributed by atoms with Crippen molar-refractivity contribution in [3.05, 3.63) is 83.4 Å². The maximum atomic E-state index is 10.0. The van der Waals surface area contributed by atoms with E-state index in [1.165, 1.54) is 31.4 Å². The number of aromatic hydroxyl groups is 2. The Labute approximate surface area is 233 Å². The third-order valence-electron chi connectivity index (χ3n) is 7.76. The van der Waals surface area contributed by atoms with Gasteiger partial charge in [-0.1, -0.05) is 37.6 Å². The van der Waals surface area contributed by atoms with Gasteiger partial charge in [0.15, 0.2) is 0 Å². The summed E-state index contributed by atoms with van der Waals surface area (Å²) in [4.78, 5) is 1.61. The minimum Gasteiger partial charge on any atom is -0.508 e. The number of hydrogen-bond donors (Lipinski definition) is 3. The molecule has 1 heterocycles. The van der Waals surface area contributed by atoms with Crippen LogP contribution in [0, 0.1) is 0 Å². The van der Waals surface area contributed by atoms with Crippen LogP contribution in [0.1, 0.15) is 69.6 Å². The molecule has 39 heavy (non-hydrogen) atoms. The lowest BCUT2D eigenvalue weighted by atomic mass is 9.87. The van der Waals surface area contributed by atoms with Gasteiger partial charge in [0.2, 0.25) is 0 Å². The number of phenolic OH excluding ortho intramolecular Hbond substituents is 2. The van der Waals surface area contributed by atoms with E-state index < -0.39 is 0 Å². The second-order valence-electron chi connectivity index (χ2n) is 10.6. The molecule has 2 atom stereocenters. The van der Waals surface area contributed by atoms with Crippen molar-refractivity contribution in [3.63, 3.8) is 0 Å². The fraction of sp³-hybridized carbons (Fsp3) is 0.412. The van der Waals surface area contributed by atoms with E-state index in [0.29, 0.717) is 0 Å². The Bertz CT molecular complexity index is 1220. The second-order valence-corrected chi connectivity index (χ2v) is 10.6. The molecule has 0 aromatic heterocycles. The smallest absolute Gasteiger partial charge is 0.137 e. The van der Waals surface area contributed by atoms with Gasteiger partial charge in [-0.3, -0.25) is 0 Å². The Morgan fingerprint density at radius 2 is 1.59 bits per heavy atom. The molecule has 0 radical (unpaired) electrons. The molecule has 5 heteroatoms. The molecule has 3 aromatic rings. The molecule has 4 rings (SSSR count). The van der Waals surface area contributed by atoms with E-state index in [0.717, 1.165) is 72.7 Å². The zero-order valence-electron chi connectivity index (χ0n) is 23.7. The Hall–Kier alpha value is -3.44. The molecule has 5 nitrogen and oxygen atoms in total. The molecule has 0 amide bonds. The van der Waals surface area contributed by atoms with E-state index in [9.17, 15) is 10.2 Å². The van der Waals surface area contributed by atoms with Gasteiger partial charge in [0.05, 0.1) is 13.1 Å². The standard InChI is InChI=1S/C34H43NO4/c1-4-6-7-21-35(5-2)22-23-38-30-18-11-26(12-19-30)9-8-10-32-34(27-13-15-28(36)16-14-27)25(3)31-20-17-29(37)24-33(31)39-32/h11-20,24,32,36-37H,4-10,21-23H2,1-3H3/p+1. The number of fused-ring (bicyclic) bond motifs is 1. The van der Waals surface area contributed by atoms with Crippen molar-refractivity contribution in [1.82, 2.24) is 0 Å². The van der Waals surface area contributed by atoms with Crippen LogP contribution in [0.3, 0.4) is 0 Å². The summed E-state index contributed by atoms with van der Waals surface area (Å²) >= 11 is 0. The first kappa shape index (κ1) is 28.6. The number of hydrogen-bond acceptors (Lipinski definition) is 4. The number of likely N-dealkylation sites (N-methyl/N-ethyl adjacent to an activating group) is 1. The van der Waals surface area contributed by atoms with E-state index in [4.69, 9.17) is 9.47 Å². The number of rotatable bonds is 14. The summed E-state index contributed by atoms with van der Waals surface area (Å²) in [5.41, 5.74) is 5.59. The summed E-state index contributed by atoms with van der Waals surface area (Å²) in [6.45, 7) is 10.8. The van der Waals surface area contributed by atoms with Crippen LogP contribution < -0.4 is 14.4 Å². The van der Waals surface area contributed by atoms with Crippen molar-refractivity contribution in [2.75, 3.05) is 26.2 Å². The summed E-state index contributed by atoms with van der Waals surface area (Å²) in [5.74, 6) is 2.10. The number of ether oxygens (including phenoxy) is 2. The number of quaternary nitrogens is 1. The number of phenols is 2. The van der Waals surface area contributed by atoms with Crippen LogP contribution in [0.25, 0.3) is 11.1 Å². The fourth-order valence-electron chi connectivity index (χ4n) is 5.42. The average molecular weight is 531 g/mol. The molecule has 0 bridgehead atoms. The minimum atomic E-state index is -0.132. The lowest BCUT2D eigenvalue weighted by molar-refractivity contribution is -0.898. The van der Waals surface area contributed by atoms with Gasteiger partial charge in [-0.2, -0.15) is 0 Å². The highest BCUT2D eigenvalue weighted by molar-refractivity contribution is 5.95. The van der Waals surface area contributed by atoms with Gasteiger partial charge in [0.25, 0.3) is 0 Å². The molecule has 0 spiro atoms. The third kappa shape index (κ3) is 7.79. The van der Waals surface area contributed by atoms with Gasteiger partial charge in [0, 0.05) is 17.2 Å². The predicted octanol–water partition coefficient (Wildman–Crippen LogP) is 6.29. The topological polar surface area (TPSA) is 63.4 Å². The molecular formula is C34H44NO4+. The van der Waals surface area contributed by atoms with Gasteiger partial charge in [-0.25, -0.2) is 0 Å². The summed E-state index contributed by atoms with van der Waals surface area (Å²) in [5, 5.41) is 19.8. The van der Waals surface area contributed by atoms with E-state index >= 15 is 0 Å². The van der Waals surface area contributed by atoms with Crippen LogP contribution in [0.5, 0.6) is 23.0 Å². The van der Waals surface area contributed by atoms with Crippen LogP contribution in [-0.2, 0) is 6.42 Å². The molecule has 3 aromatic carbocycles. The highest BCUT2D eigenvalue weighted by Crippen LogP contribution is 2.43. The van der Waals surface area contributed by atoms with Crippen molar-refractivity contribution in [1.29, 1.82) is 0 Å².